The van der Waals surface area contributed by atoms with Crippen LogP contribution in [0.3, 0.4) is 0 Å². The van der Waals surface area contributed by atoms with Crippen LogP contribution in [-0.4, -0.2) is 11.4 Å². The number of aryl methyl sites for hydroxylation is 1. The Kier molecular flexibility index (Phi) is 2.25. The number of aromatic hydroxyl groups is 1. The summed E-state index contributed by atoms with van der Waals surface area (Å²) in [6, 6.07) is 3.56. The number of carbonyl (C=O) groups excluding carboxylic acids is 1. The topological polar surface area (TPSA) is 37.3 Å². The van der Waals surface area contributed by atoms with Gasteiger partial charge in [0.1, 0.15) is 5.75 Å². The van der Waals surface area contributed by atoms with E-state index in [0.29, 0.717) is 11.8 Å². The minimum Gasteiger partial charge on any atom is -0.507 e. The molecule has 0 aliphatic rings. The highest BCUT2D eigenvalue weighted by molar-refractivity contribution is 7.17. The molecule has 3 heteroatoms. The maximum absolute atomic E-state index is 10.8. The van der Waals surface area contributed by atoms with Crippen LogP contribution in [0.2, 0.25) is 0 Å². The van der Waals surface area contributed by atoms with Crippen molar-refractivity contribution in [2.75, 3.05) is 0 Å². The van der Waals surface area contributed by atoms with Gasteiger partial charge in [-0.25, -0.2) is 0 Å². The molecular formula is C11H10O2S. The van der Waals surface area contributed by atoms with E-state index in [-0.39, 0.29) is 5.75 Å². The summed E-state index contributed by atoms with van der Waals surface area (Å²) in [4.78, 5) is 10.8. The summed E-state index contributed by atoms with van der Waals surface area (Å²) < 4.78 is 1.10. The maximum Gasteiger partial charge on any atom is 0.154 e. The Bertz CT molecular complexity index is 485. The van der Waals surface area contributed by atoms with Crippen molar-refractivity contribution in [3.05, 3.63) is 28.6 Å². The highest BCUT2D eigenvalue weighted by atomic mass is 32.1. The fraction of sp³-hybridized carbons (Fsp3) is 0.182. The molecule has 0 spiro atoms. The van der Waals surface area contributed by atoms with Gasteiger partial charge in [-0.05, 0) is 29.5 Å². The van der Waals surface area contributed by atoms with Crippen molar-refractivity contribution >= 4 is 27.7 Å². The Morgan fingerprint density at radius 1 is 1.57 bits per heavy atom. The van der Waals surface area contributed by atoms with E-state index in [9.17, 15) is 9.90 Å². The third kappa shape index (κ3) is 1.21. The monoisotopic (exact) mass is 206 g/mol. The smallest absolute Gasteiger partial charge is 0.154 e. The summed E-state index contributed by atoms with van der Waals surface area (Å²) in [5.41, 5.74) is 1.50. The van der Waals surface area contributed by atoms with Crippen molar-refractivity contribution in [1.29, 1.82) is 0 Å². The molecule has 0 fully saturated rings. The molecule has 0 aliphatic carbocycles. The normalized spacial score (nSPS) is 10.6. The number of phenols is 1. The summed E-state index contributed by atoms with van der Waals surface area (Å²) in [6.45, 7) is 2.04. The first-order valence-electron chi connectivity index (χ1n) is 4.45. The summed E-state index contributed by atoms with van der Waals surface area (Å²) in [5, 5.41) is 12.4. The second kappa shape index (κ2) is 3.42. The third-order valence-electron chi connectivity index (χ3n) is 2.33. The van der Waals surface area contributed by atoms with E-state index in [2.05, 4.69) is 0 Å². The predicted octanol–water partition coefficient (Wildman–Crippen LogP) is 2.98. The van der Waals surface area contributed by atoms with Gasteiger partial charge in [-0.2, -0.15) is 0 Å². The standard InChI is InChI=1S/C11H10O2S/c1-2-7-5-10(13)9(6-12)8-3-4-14-11(7)8/h3-6,13H,2H2,1H3. The number of thiophene rings is 1. The van der Waals surface area contributed by atoms with Crippen molar-refractivity contribution in [2.45, 2.75) is 13.3 Å². The molecule has 1 heterocycles. The average Bonchev–Trinajstić information content (AvgIpc) is 2.65. The van der Waals surface area contributed by atoms with E-state index in [4.69, 9.17) is 0 Å². The molecule has 2 nitrogen and oxygen atoms in total. The van der Waals surface area contributed by atoms with E-state index in [1.54, 1.807) is 17.4 Å². The minimum atomic E-state index is 0.0859. The third-order valence-corrected chi connectivity index (χ3v) is 3.32. The zero-order chi connectivity index (χ0) is 10.1. The Labute approximate surface area is 85.8 Å². The van der Waals surface area contributed by atoms with Gasteiger partial charge in [0.25, 0.3) is 0 Å². The number of hydrogen-bond donors (Lipinski definition) is 1. The first-order valence-corrected chi connectivity index (χ1v) is 5.33. The maximum atomic E-state index is 10.8. The first kappa shape index (κ1) is 9.21. The minimum absolute atomic E-state index is 0.0859. The van der Waals surface area contributed by atoms with E-state index >= 15 is 0 Å². The molecule has 1 aromatic heterocycles. The van der Waals surface area contributed by atoms with Gasteiger partial charge in [0, 0.05) is 10.1 Å². The van der Waals surface area contributed by atoms with E-state index < -0.39 is 0 Å². The lowest BCUT2D eigenvalue weighted by molar-refractivity contribution is 0.112. The molecule has 0 bridgehead atoms. The quantitative estimate of drug-likeness (QED) is 0.767. The lowest BCUT2D eigenvalue weighted by Gasteiger charge is -2.04. The summed E-state index contributed by atoms with van der Waals surface area (Å²) in [5.74, 6) is 0.0859. The van der Waals surface area contributed by atoms with Gasteiger partial charge in [-0.3, -0.25) is 4.79 Å². The zero-order valence-electron chi connectivity index (χ0n) is 7.78. The molecule has 14 heavy (non-hydrogen) atoms. The second-order valence-electron chi connectivity index (χ2n) is 3.10. The van der Waals surface area contributed by atoms with Crippen LogP contribution in [0.5, 0.6) is 5.75 Å². The second-order valence-corrected chi connectivity index (χ2v) is 4.02. The van der Waals surface area contributed by atoms with Crippen molar-refractivity contribution in [1.82, 2.24) is 0 Å². The highest BCUT2D eigenvalue weighted by Crippen LogP contribution is 2.33. The Morgan fingerprint density at radius 3 is 3.00 bits per heavy atom. The number of rotatable bonds is 2. The van der Waals surface area contributed by atoms with Gasteiger partial charge in [0.15, 0.2) is 6.29 Å². The number of aldehydes is 1. The number of benzene rings is 1. The Hall–Kier alpha value is -1.35. The molecule has 72 valence electrons. The molecule has 1 N–H and O–H groups in total. The van der Waals surface area contributed by atoms with Gasteiger partial charge in [-0.1, -0.05) is 6.92 Å². The van der Waals surface area contributed by atoms with Crippen LogP contribution in [-0.2, 0) is 6.42 Å². The Balaban J connectivity index is 2.88. The molecular weight excluding hydrogens is 196 g/mol. The van der Waals surface area contributed by atoms with Crippen LogP contribution in [0.4, 0.5) is 0 Å². The molecule has 0 saturated heterocycles. The van der Waals surface area contributed by atoms with Gasteiger partial charge < -0.3 is 5.11 Å². The van der Waals surface area contributed by atoms with Crippen LogP contribution in [0.1, 0.15) is 22.8 Å². The van der Waals surface area contributed by atoms with Crippen LogP contribution in [0.25, 0.3) is 10.1 Å². The van der Waals surface area contributed by atoms with Crippen molar-refractivity contribution < 1.29 is 9.90 Å². The lowest BCUT2D eigenvalue weighted by Crippen LogP contribution is -1.87. The molecule has 0 atom stereocenters. The number of hydrogen-bond acceptors (Lipinski definition) is 3. The van der Waals surface area contributed by atoms with Crippen LogP contribution in [0, 0.1) is 0 Å². The van der Waals surface area contributed by atoms with Gasteiger partial charge in [-0.15, -0.1) is 11.3 Å². The molecule has 0 aliphatic heterocycles. The summed E-state index contributed by atoms with van der Waals surface area (Å²) in [7, 11) is 0. The molecule has 0 radical (unpaired) electrons. The van der Waals surface area contributed by atoms with E-state index in [1.807, 2.05) is 18.4 Å². The van der Waals surface area contributed by atoms with E-state index in [1.165, 1.54) is 0 Å². The fourth-order valence-corrected chi connectivity index (χ4v) is 2.60. The summed E-state index contributed by atoms with van der Waals surface area (Å²) in [6.07, 6.45) is 1.58. The zero-order valence-corrected chi connectivity index (χ0v) is 8.60. The summed E-state index contributed by atoms with van der Waals surface area (Å²) >= 11 is 1.61. The molecule has 2 aromatic rings. The van der Waals surface area contributed by atoms with Crippen molar-refractivity contribution in [3.63, 3.8) is 0 Å². The number of fused-ring (bicyclic) bond motifs is 1. The first-order chi connectivity index (χ1) is 6.77. The Morgan fingerprint density at radius 2 is 2.36 bits per heavy atom. The molecule has 0 unspecified atom stereocenters. The van der Waals surface area contributed by atoms with E-state index in [0.717, 1.165) is 22.1 Å². The SMILES string of the molecule is CCc1cc(O)c(C=O)c2ccsc12. The lowest BCUT2D eigenvalue weighted by atomic mass is 10.0. The van der Waals surface area contributed by atoms with Crippen molar-refractivity contribution in [3.8, 4) is 5.75 Å². The van der Waals surface area contributed by atoms with Crippen LogP contribution in [0.15, 0.2) is 17.5 Å². The molecule has 1 aromatic carbocycles. The highest BCUT2D eigenvalue weighted by Gasteiger charge is 2.10. The van der Waals surface area contributed by atoms with Gasteiger partial charge in [0.2, 0.25) is 0 Å². The van der Waals surface area contributed by atoms with Crippen molar-refractivity contribution in [2.24, 2.45) is 0 Å². The van der Waals surface area contributed by atoms with Gasteiger partial charge >= 0.3 is 0 Å². The average molecular weight is 206 g/mol. The molecule has 2 rings (SSSR count). The van der Waals surface area contributed by atoms with Gasteiger partial charge in [0.05, 0.1) is 5.56 Å². The van der Waals surface area contributed by atoms with Crippen LogP contribution < -0.4 is 0 Å². The molecule has 0 saturated carbocycles. The number of carbonyl (C=O) groups is 1. The fourth-order valence-electron chi connectivity index (χ4n) is 1.60. The molecule has 0 amide bonds. The number of phenolic OH excluding ortho intramolecular Hbond substituents is 1. The van der Waals surface area contributed by atoms with Crippen LogP contribution >= 0.6 is 11.3 Å². The largest absolute Gasteiger partial charge is 0.507 e. The predicted molar refractivity (Wildman–Crippen MR) is 58.3 cm³/mol.